The minimum absolute atomic E-state index is 0.00425. The van der Waals surface area contributed by atoms with Crippen LogP contribution >= 0.6 is 0 Å². The summed E-state index contributed by atoms with van der Waals surface area (Å²) in [7, 11) is 1.26. The molecular formula is C28H45NO6. The van der Waals surface area contributed by atoms with E-state index in [1.54, 1.807) is 6.92 Å². The molecule has 0 aliphatic heterocycles. The third kappa shape index (κ3) is 10.8. The summed E-state index contributed by atoms with van der Waals surface area (Å²) >= 11 is 0. The number of allylic oxidation sites excluding steroid dienone is 3. The summed E-state index contributed by atoms with van der Waals surface area (Å²) in [5.41, 5.74) is -1.34. The van der Waals surface area contributed by atoms with Crippen molar-refractivity contribution in [1.29, 1.82) is 0 Å². The molecule has 0 saturated heterocycles. The highest BCUT2D eigenvalue weighted by Gasteiger charge is 2.41. The fourth-order valence-electron chi connectivity index (χ4n) is 4.60. The normalized spacial score (nSPS) is 21.9. The monoisotopic (exact) mass is 491 g/mol. The molecule has 0 spiro atoms. The van der Waals surface area contributed by atoms with Crippen LogP contribution in [0, 0.1) is 11.8 Å². The summed E-state index contributed by atoms with van der Waals surface area (Å²) in [5, 5.41) is 3.08. The first kappa shape index (κ1) is 30.6. The number of esters is 2. The lowest BCUT2D eigenvalue weighted by Crippen LogP contribution is -2.40. The number of hydrogen-bond donors (Lipinski definition) is 1. The van der Waals surface area contributed by atoms with Crippen molar-refractivity contribution in [2.75, 3.05) is 7.11 Å². The smallest absolute Gasteiger partial charge is 0.350 e. The van der Waals surface area contributed by atoms with Gasteiger partial charge in [0.1, 0.15) is 5.78 Å². The van der Waals surface area contributed by atoms with Crippen molar-refractivity contribution in [2.24, 2.45) is 11.8 Å². The summed E-state index contributed by atoms with van der Waals surface area (Å²) in [6.45, 7) is 6.96. The highest BCUT2D eigenvalue weighted by molar-refractivity contribution is 5.86. The lowest BCUT2D eigenvalue weighted by atomic mass is 9.89. The van der Waals surface area contributed by atoms with Gasteiger partial charge in [-0.2, -0.15) is 0 Å². The van der Waals surface area contributed by atoms with Crippen LogP contribution in [0.1, 0.15) is 98.3 Å². The van der Waals surface area contributed by atoms with E-state index < -0.39 is 17.5 Å². The minimum Gasteiger partial charge on any atom is -0.466 e. The molecule has 1 aliphatic rings. The molecule has 4 atom stereocenters. The van der Waals surface area contributed by atoms with Crippen LogP contribution in [-0.2, 0) is 28.7 Å². The first-order valence-corrected chi connectivity index (χ1v) is 13.1. The number of hydrogen-bond acceptors (Lipinski definition) is 6. The molecule has 0 bridgehead atoms. The van der Waals surface area contributed by atoms with Gasteiger partial charge >= 0.3 is 11.9 Å². The van der Waals surface area contributed by atoms with Gasteiger partial charge in [-0.15, -0.1) is 0 Å². The van der Waals surface area contributed by atoms with Crippen LogP contribution in [0.25, 0.3) is 0 Å². The Kier molecular flexibility index (Phi) is 14.2. The van der Waals surface area contributed by atoms with Crippen molar-refractivity contribution in [3.63, 3.8) is 0 Å². The molecule has 0 heterocycles. The van der Waals surface area contributed by atoms with Crippen molar-refractivity contribution in [3.05, 3.63) is 24.3 Å². The number of Topliss-reactive ketones (excluding diaryl/α,β-unsaturated/α-hetero) is 1. The number of ether oxygens (including phenoxy) is 2. The Morgan fingerprint density at radius 1 is 1.06 bits per heavy atom. The number of carbonyl (C=O) groups excluding carboxylic acids is 4. The second-order valence-electron chi connectivity index (χ2n) is 9.62. The van der Waals surface area contributed by atoms with Gasteiger partial charge in [0, 0.05) is 44.1 Å². The molecule has 7 nitrogen and oxygen atoms in total. The molecule has 1 unspecified atom stereocenters. The van der Waals surface area contributed by atoms with Crippen LogP contribution in [0.3, 0.4) is 0 Å². The summed E-state index contributed by atoms with van der Waals surface area (Å²) < 4.78 is 9.99. The summed E-state index contributed by atoms with van der Waals surface area (Å²) in [4.78, 5) is 48.5. The standard InChI is InChI=1S/C28H45NO6/c1-6-8-9-10-11-13-17-22-23(25(31)20-24(22)29-26(32)16-7-2)18-14-12-15-19-28(4,27(33)34-5)35-21(3)30/h12-14,17,22-24H,6-11,15-16,18-20H2,1-5H3,(H,29,32)/b14-12-,17-13+/t22-,23-,24-,28?/m1/s1. The number of carbonyl (C=O) groups is 4. The van der Waals surface area contributed by atoms with Gasteiger partial charge in [0.25, 0.3) is 0 Å². The zero-order valence-electron chi connectivity index (χ0n) is 22.3. The zero-order chi connectivity index (χ0) is 26.3. The predicted octanol–water partition coefficient (Wildman–Crippen LogP) is 5.22. The van der Waals surface area contributed by atoms with E-state index >= 15 is 0 Å². The maximum absolute atomic E-state index is 12.8. The number of rotatable bonds is 16. The van der Waals surface area contributed by atoms with E-state index in [4.69, 9.17) is 9.47 Å². The zero-order valence-corrected chi connectivity index (χ0v) is 22.3. The minimum atomic E-state index is -1.34. The second kappa shape index (κ2) is 16.3. The number of methoxy groups -OCH3 is 1. The Hall–Kier alpha value is -2.44. The number of amides is 1. The van der Waals surface area contributed by atoms with Crippen LogP contribution in [0.4, 0.5) is 0 Å². The molecule has 1 N–H and O–H groups in total. The molecule has 198 valence electrons. The van der Waals surface area contributed by atoms with E-state index in [9.17, 15) is 19.2 Å². The Balaban J connectivity index is 2.80. The van der Waals surface area contributed by atoms with Crippen LogP contribution in [0.2, 0.25) is 0 Å². The number of unbranched alkanes of at least 4 members (excludes halogenated alkanes) is 4. The Labute approximate surface area is 211 Å². The summed E-state index contributed by atoms with van der Waals surface area (Å²) in [6.07, 6.45) is 16.8. The van der Waals surface area contributed by atoms with Gasteiger partial charge in [-0.1, -0.05) is 57.4 Å². The summed E-state index contributed by atoms with van der Waals surface area (Å²) in [6, 6.07) is -0.168. The molecule has 1 aliphatic carbocycles. The van der Waals surface area contributed by atoms with E-state index in [0.29, 0.717) is 25.7 Å². The molecular weight excluding hydrogens is 446 g/mol. The quantitative estimate of drug-likeness (QED) is 0.180. The third-order valence-corrected chi connectivity index (χ3v) is 6.50. The second-order valence-corrected chi connectivity index (χ2v) is 9.62. The largest absolute Gasteiger partial charge is 0.466 e. The predicted molar refractivity (Wildman–Crippen MR) is 137 cm³/mol. The molecule has 0 aromatic heterocycles. The lowest BCUT2D eigenvalue weighted by Gasteiger charge is -2.25. The SMILES string of the molecule is CCCCCC/C=C/[C@H]1[C@H](NC(=O)CCC)CC(=O)[C@@H]1C/C=C\CCC(C)(OC(C)=O)C(=O)OC. The van der Waals surface area contributed by atoms with Gasteiger partial charge in [0.05, 0.1) is 7.11 Å². The van der Waals surface area contributed by atoms with Crippen LogP contribution in [-0.4, -0.2) is 42.4 Å². The maximum atomic E-state index is 12.8. The molecule has 1 fully saturated rings. The fourth-order valence-corrected chi connectivity index (χ4v) is 4.60. The third-order valence-electron chi connectivity index (χ3n) is 6.50. The van der Waals surface area contributed by atoms with Gasteiger partial charge in [0.15, 0.2) is 0 Å². The highest BCUT2D eigenvalue weighted by atomic mass is 16.6. The van der Waals surface area contributed by atoms with Gasteiger partial charge in [-0.05, 0) is 39.0 Å². The molecule has 0 aromatic rings. The molecule has 0 radical (unpaired) electrons. The van der Waals surface area contributed by atoms with Crippen molar-refractivity contribution >= 4 is 23.6 Å². The average Bonchev–Trinajstić information content (AvgIpc) is 3.08. The molecule has 1 rings (SSSR count). The van der Waals surface area contributed by atoms with Crippen molar-refractivity contribution in [1.82, 2.24) is 5.32 Å². The van der Waals surface area contributed by atoms with Crippen LogP contribution < -0.4 is 5.32 Å². The van der Waals surface area contributed by atoms with E-state index in [1.165, 1.54) is 33.3 Å². The Bertz CT molecular complexity index is 759. The average molecular weight is 492 g/mol. The van der Waals surface area contributed by atoms with Gasteiger partial charge in [-0.25, -0.2) is 4.79 Å². The molecule has 7 heteroatoms. The maximum Gasteiger partial charge on any atom is 0.350 e. The van der Waals surface area contributed by atoms with Gasteiger partial charge in [-0.3, -0.25) is 14.4 Å². The van der Waals surface area contributed by atoms with E-state index in [2.05, 4.69) is 24.4 Å². The highest BCUT2D eigenvalue weighted by Crippen LogP contribution is 2.34. The topological polar surface area (TPSA) is 98.8 Å². The van der Waals surface area contributed by atoms with Crippen molar-refractivity contribution < 1.29 is 28.7 Å². The van der Waals surface area contributed by atoms with E-state index in [-0.39, 0.29) is 36.0 Å². The first-order chi connectivity index (χ1) is 16.7. The van der Waals surface area contributed by atoms with Crippen LogP contribution in [0.5, 0.6) is 0 Å². The van der Waals surface area contributed by atoms with Crippen molar-refractivity contribution in [3.8, 4) is 0 Å². The van der Waals surface area contributed by atoms with Crippen molar-refractivity contribution in [2.45, 2.75) is 110 Å². The van der Waals surface area contributed by atoms with E-state index in [0.717, 1.165) is 19.3 Å². The molecule has 35 heavy (non-hydrogen) atoms. The van der Waals surface area contributed by atoms with E-state index in [1.807, 2.05) is 19.1 Å². The molecule has 0 aromatic carbocycles. The summed E-state index contributed by atoms with van der Waals surface area (Å²) in [5.74, 6) is -1.20. The number of ketones is 1. The fraction of sp³-hybridized carbons (Fsp3) is 0.714. The lowest BCUT2D eigenvalue weighted by molar-refractivity contribution is -0.178. The van der Waals surface area contributed by atoms with Crippen LogP contribution in [0.15, 0.2) is 24.3 Å². The molecule has 1 saturated carbocycles. The molecule has 1 amide bonds. The Morgan fingerprint density at radius 2 is 1.80 bits per heavy atom. The Morgan fingerprint density at radius 3 is 2.43 bits per heavy atom. The first-order valence-electron chi connectivity index (χ1n) is 13.1. The van der Waals surface area contributed by atoms with Gasteiger partial charge < -0.3 is 14.8 Å². The number of nitrogens with one attached hydrogen (secondary N) is 1. The van der Waals surface area contributed by atoms with Gasteiger partial charge in [0.2, 0.25) is 11.5 Å².